The minimum absolute atomic E-state index is 0.102. The molecule has 0 unspecified atom stereocenters. The van der Waals surface area contributed by atoms with Gasteiger partial charge in [0.25, 0.3) is 0 Å². The van der Waals surface area contributed by atoms with Crippen molar-refractivity contribution < 1.29 is 4.79 Å². The van der Waals surface area contributed by atoms with Crippen LogP contribution in [0, 0.1) is 0 Å². The van der Waals surface area contributed by atoms with Crippen molar-refractivity contribution in [1.82, 2.24) is 14.8 Å². The van der Waals surface area contributed by atoms with Crippen LogP contribution < -0.4 is 10.6 Å². The van der Waals surface area contributed by atoms with Crippen LogP contribution in [0.2, 0.25) is 0 Å². The summed E-state index contributed by atoms with van der Waals surface area (Å²) in [6.45, 7) is 0.540. The van der Waals surface area contributed by atoms with Gasteiger partial charge in [0.15, 0.2) is 0 Å². The number of para-hydroxylation sites is 1. The van der Waals surface area contributed by atoms with Gasteiger partial charge in [-0.05, 0) is 43.2 Å². The first-order valence-electron chi connectivity index (χ1n) is 7.85. The predicted octanol–water partition coefficient (Wildman–Crippen LogP) is 3.66. The van der Waals surface area contributed by atoms with E-state index in [1.165, 1.54) is 27.8 Å². The molecular formula is C18H22N4OS. The van der Waals surface area contributed by atoms with E-state index < -0.39 is 0 Å². The van der Waals surface area contributed by atoms with E-state index in [1.54, 1.807) is 0 Å². The number of fused-ring (bicyclic) bond motifs is 1. The molecular weight excluding hydrogens is 320 g/mol. The number of rotatable bonds is 5. The third-order valence-corrected chi connectivity index (χ3v) is 4.91. The second-order valence-corrected chi connectivity index (χ2v) is 6.95. The Labute approximate surface area is 145 Å². The van der Waals surface area contributed by atoms with Gasteiger partial charge in [-0.1, -0.05) is 18.2 Å². The number of hydrogen-bond donors (Lipinski definition) is 2. The summed E-state index contributed by atoms with van der Waals surface area (Å²) in [6, 6.07) is 12.1. The van der Waals surface area contributed by atoms with Gasteiger partial charge in [-0.2, -0.15) is 0 Å². The number of likely N-dealkylation sites (N-methyl/N-ethyl adjacent to an activating group) is 1. The van der Waals surface area contributed by atoms with Crippen molar-refractivity contribution in [3.8, 4) is 0 Å². The Morgan fingerprint density at radius 2 is 2.04 bits per heavy atom. The summed E-state index contributed by atoms with van der Waals surface area (Å²) in [6.07, 6.45) is 2.15. The maximum absolute atomic E-state index is 12.1. The summed E-state index contributed by atoms with van der Waals surface area (Å²) < 4.78 is 2.13. The Bertz CT molecular complexity index is 823. The molecule has 1 atom stereocenters. The molecule has 0 aliphatic rings. The number of anilines is 1. The summed E-state index contributed by atoms with van der Waals surface area (Å²) in [4.78, 5) is 14.2. The molecule has 5 nitrogen and oxygen atoms in total. The van der Waals surface area contributed by atoms with E-state index in [1.807, 2.05) is 37.7 Å². The lowest BCUT2D eigenvalue weighted by Gasteiger charge is -2.24. The molecule has 24 heavy (non-hydrogen) atoms. The smallest absolute Gasteiger partial charge is 0.319 e. The van der Waals surface area contributed by atoms with Crippen molar-refractivity contribution in [2.75, 3.05) is 26.0 Å². The fourth-order valence-electron chi connectivity index (χ4n) is 2.90. The van der Waals surface area contributed by atoms with E-state index in [0.717, 1.165) is 5.00 Å². The van der Waals surface area contributed by atoms with Gasteiger partial charge in [-0.15, -0.1) is 11.3 Å². The SMILES string of the molecule is CN(C)[C@H](CNC(=O)Nc1cccs1)c1cn(C)c2ccccc12. The van der Waals surface area contributed by atoms with Crippen molar-refractivity contribution >= 4 is 33.3 Å². The van der Waals surface area contributed by atoms with Gasteiger partial charge < -0.3 is 14.8 Å². The zero-order valence-electron chi connectivity index (χ0n) is 14.1. The highest BCUT2D eigenvalue weighted by atomic mass is 32.1. The molecule has 2 aromatic heterocycles. The van der Waals surface area contributed by atoms with Crippen LogP contribution >= 0.6 is 11.3 Å². The molecule has 1 aromatic carbocycles. The number of hydrogen-bond acceptors (Lipinski definition) is 3. The first-order chi connectivity index (χ1) is 11.6. The average Bonchev–Trinajstić information content (AvgIpc) is 3.17. The number of amides is 2. The Morgan fingerprint density at radius 3 is 2.75 bits per heavy atom. The number of thiophene rings is 1. The van der Waals surface area contributed by atoms with Gasteiger partial charge in [0.2, 0.25) is 0 Å². The fourth-order valence-corrected chi connectivity index (χ4v) is 3.52. The van der Waals surface area contributed by atoms with E-state index in [0.29, 0.717) is 6.54 Å². The molecule has 0 fully saturated rings. The van der Waals surface area contributed by atoms with Crippen LogP contribution in [-0.4, -0.2) is 36.1 Å². The standard InChI is InChI=1S/C18H22N4OS/c1-21(2)16(11-19-18(23)20-17-9-6-10-24-17)14-12-22(3)15-8-5-4-7-13(14)15/h4-10,12,16H,11H2,1-3H3,(H2,19,20,23)/t16-/m1/s1. The van der Waals surface area contributed by atoms with Crippen molar-refractivity contribution in [1.29, 1.82) is 0 Å². The summed E-state index contributed by atoms with van der Waals surface area (Å²) in [7, 11) is 6.12. The van der Waals surface area contributed by atoms with Crippen molar-refractivity contribution in [2.24, 2.45) is 7.05 Å². The lowest BCUT2D eigenvalue weighted by atomic mass is 10.0. The molecule has 0 spiro atoms. The molecule has 2 amide bonds. The highest BCUT2D eigenvalue weighted by molar-refractivity contribution is 7.14. The third kappa shape index (κ3) is 3.44. The number of benzene rings is 1. The van der Waals surface area contributed by atoms with E-state index in [9.17, 15) is 4.79 Å². The van der Waals surface area contributed by atoms with Crippen LogP contribution in [0.1, 0.15) is 11.6 Å². The minimum atomic E-state index is -0.176. The quantitative estimate of drug-likeness (QED) is 0.743. The number of nitrogens with zero attached hydrogens (tertiary/aromatic N) is 2. The Morgan fingerprint density at radius 1 is 1.25 bits per heavy atom. The summed E-state index contributed by atoms with van der Waals surface area (Å²) in [5.74, 6) is 0. The van der Waals surface area contributed by atoms with Gasteiger partial charge in [-0.25, -0.2) is 4.79 Å². The molecule has 0 aliphatic heterocycles. The van der Waals surface area contributed by atoms with Crippen LogP contribution in [-0.2, 0) is 7.05 Å². The van der Waals surface area contributed by atoms with Gasteiger partial charge >= 0.3 is 6.03 Å². The number of carbonyl (C=O) groups excluding carboxylic acids is 1. The average molecular weight is 342 g/mol. The van der Waals surface area contributed by atoms with Crippen LogP contribution in [0.15, 0.2) is 48.0 Å². The zero-order chi connectivity index (χ0) is 17.1. The van der Waals surface area contributed by atoms with Crippen LogP contribution in [0.3, 0.4) is 0 Å². The number of carbonyl (C=O) groups is 1. The summed E-state index contributed by atoms with van der Waals surface area (Å²) in [5, 5.41) is 9.84. The summed E-state index contributed by atoms with van der Waals surface area (Å²) in [5.41, 5.74) is 2.41. The van der Waals surface area contributed by atoms with Crippen LogP contribution in [0.4, 0.5) is 9.80 Å². The van der Waals surface area contributed by atoms with Gasteiger partial charge in [0.1, 0.15) is 0 Å². The normalized spacial score (nSPS) is 12.5. The zero-order valence-corrected chi connectivity index (χ0v) is 14.9. The maximum atomic E-state index is 12.1. The molecule has 3 aromatic rings. The molecule has 0 saturated heterocycles. The minimum Gasteiger partial charge on any atom is -0.350 e. The van der Waals surface area contributed by atoms with Crippen LogP contribution in [0.5, 0.6) is 0 Å². The fraction of sp³-hybridized carbons (Fsp3) is 0.278. The first-order valence-corrected chi connectivity index (χ1v) is 8.73. The number of aryl methyl sites for hydroxylation is 1. The molecule has 0 radical (unpaired) electrons. The van der Waals surface area contributed by atoms with E-state index in [-0.39, 0.29) is 12.1 Å². The molecule has 0 bridgehead atoms. The molecule has 2 N–H and O–H groups in total. The highest BCUT2D eigenvalue weighted by Crippen LogP contribution is 2.28. The number of urea groups is 1. The van der Waals surface area contributed by atoms with Crippen molar-refractivity contribution in [3.05, 3.63) is 53.5 Å². The topological polar surface area (TPSA) is 49.3 Å². The molecule has 3 rings (SSSR count). The predicted molar refractivity (Wildman–Crippen MR) is 101 cm³/mol. The van der Waals surface area contributed by atoms with Gasteiger partial charge in [0.05, 0.1) is 11.0 Å². The second-order valence-electron chi connectivity index (χ2n) is 6.00. The summed E-state index contributed by atoms with van der Waals surface area (Å²) >= 11 is 1.51. The maximum Gasteiger partial charge on any atom is 0.319 e. The van der Waals surface area contributed by atoms with Crippen molar-refractivity contribution in [2.45, 2.75) is 6.04 Å². The monoisotopic (exact) mass is 342 g/mol. The number of aromatic nitrogens is 1. The Balaban J connectivity index is 1.76. The molecule has 6 heteroatoms. The van der Waals surface area contributed by atoms with Crippen LogP contribution in [0.25, 0.3) is 10.9 Å². The lowest BCUT2D eigenvalue weighted by molar-refractivity contribution is 0.243. The number of nitrogens with one attached hydrogen (secondary N) is 2. The van der Waals surface area contributed by atoms with E-state index in [2.05, 4.69) is 51.5 Å². The lowest BCUT2D eigenvalue weighted by Crippen LogP contribution is -2.36. The van der Waals surface area contributed by atoms with Gasteiger partial charge in [-0.3, -0.25) is 5.32 Å². The van der Waals surface area contributed by atoms with Crippen molar-refractivity contribution in [3.63, 3.8) is 0 Å². The van der Waals surface area contributed by atoms with Gasteiger partial charge in [0, 0.05) is 30.7 Å². The Kier molecular flexibility index (Phi) is 4.87. The largest absolute Gasteiger partial charge is 0.350 e. The Hall–Kier alpha value is -2.31. The molecule has 0 saturated carbocycles. The molecule has 2 heterocycles. The second kappa shape index (κ2) is 7.07. The first kappa shape index (κ1) is 16.5. The molecule has 0 aliphatic carbocycles. The third-order valence-electron chi connectivity index (χ3n) is 4.12. The molecule has 126 valence electrons. The van der Waals surface area contributed by atoms with E-state index in [4.69, 9.17) is 0 Å². The van der Waals surface area contributed by atoms with E-state index >= 15 is 0 Å². The highest BCUT2D eigenvalue weighted by Gasteiger charge is 2.20.